The molecule has 0 amide bonds. The summed E-state index contributed by atoms with van der Waals surface area (Å²) >= 11 is 0. The normalized spacial score (nSPS) is 15.6. The van der Waals surface area contributed by atoms with Crippen molar-refractivity contribution in [3.05, 3.63) is 88.5 Å². The molecule has 0 radical (unpaired) electrons. The van der Waals surface area contributed by atoms with Crippen LogP contribution in [0.4, 0.5) is 11.7 Å². The number of para-hydroxylation sites is 1. The van der Waals surface area contributed by atoms with Crippen LogP contribution in [0.5, 0.6) is 0 Å². The van der Waals surface area contributed by atoms with Crippen LogP contribution in [0.25, 0.3) is 11.1 Å². The topological polar surface area (TPSA) is 93.5 Å². The van der Waals surface area contributed by atoms with E-state index in [2.05, 4.69) is 33.8 Å². The molecule has 0 spiro atoms. The quantitative estimate of drug-likeness (QED) is 0.269. The molecule has 1 aliphatic rings. The van der Waals surface area contributed by atoms with Crippen molar-refractivity contribution in [2.45, 2.75) is 52.0 Å². The number of aromatic nitrogens is 1. The van der Waals surface area contributed by atoms with Crippen LogP contribution in [0.1, 0.15) is 60.0 Å². The molecule has 2 atom stereocenters. The zero-order valence-electron chi connectivity index (χ0n) is 22.0. The number of oxazole rings is 1. The third-order valence-corrected chi connectivity index (χ3v) is 7.11. The van der Waals surface area contributed by atoms with E-state index in [1.807, 2.05) is 63.2 Å². The Kier molecular flexibility index (Phi) is 7.56. The van der Waals surface area contributed by atoms with Crippen molar-refractivity contribution >= 4 is 34.6 Å². The van der Waals surface area contributed by atoms with Gasteiger partial charge in [0.05, 0.1) is 19.1 Å². The van der Waals surface area contributed by atoms with Crippen LogP contribution >= 0.6 is 0 Å². The van der Waals surface area contributed by atoms with E-state index in [0.717, 1.165) is 46.4 Å². The largest absolute Gasteiger partial charge is 0.466 e. The summed E-state index contributed by atoms with van der Waals surface area (Å²) in [6.45, 7) is 6.97. The molecule has 7 nitrogen and oxygen atoms in total. The summed E-state index contributed by atoms with van der Waals surface area (Å²) in [5.74, 6) is -0.102. The van der Waals surface area contributed by atoms with Crippen LogP contribution in [0.3, 0.4) is 0 Å². The summed E-state index contributed by atoms with van der Waals surface area (Å²) in [4.78, 5) is 30.0. The average Bonchev–Trinajstić information content (AvgIpc) is 3.31. The van der Waals surface area contributed by atoms with E-state index in [1.54, 1.807) is 0 Å². The van der Waals surface area contributed by atoms with Gasteiger partial charge in [0.25, 0.3) is 6.01 Å². The lowest BCUT2D eigenvalue weighted by molar-refractivity contribution is -0.143. The molecule has 1 aromatic heterocycles. The fourth-order valence-electron chi connectivity index (χ4n) is 5.02. The number of benzene rings is 3. The van der Waals surface area contributed by atoms with Crippen LogP contribution in [0.15, 0.2) is 65.1 Å². The zero-order chi connectivity index (χ0) is 26.6. The van der Waals surface area contributed by atoms with Crippen LogP contribution in [-0.2, 0) is 27.2 Å². The molecule has 0 fully saturated rings. The van der Waals surface area contributed by atoms with E-state index in [9.17, 15) is 9.59 Å². The molecule has 2 heterocycles. The highest BCUT2D eigenvalue weighted by Crippen LogP contribution is 2.31. The molecule has 0 saturated heterocycles. The van der Waals surface area contributed by atoms with E-state index in [-0.39, 0.29) is 24.1 Å². The first-order chi connectivity index (χ1) is 18.4. The number of aryl methyl sites for hydroxylation is 1. The van der Waals surface area contributed by atoms with Gasteiger partial charge in [0, 0.05) is 18.7 Å². The van der Waals surface area contributed by atoms with Crippen molar-refractivity contribution in [1.82, 2.24) is 10.3 Å². The van der Waals surface area contributed by atoms with E-state index < -0.39 is 6.04 Å². The standard InChI is InChI=1S/C31H33N3O4/c1-4-37-29(36)15-20(3)23-11-10-22-13-14-32-30(24(22)18-23)27(35)16-21-9-12-26-28(17-21)38-31(34-26)33-25-8-6-5-7-19(25)2/h5-12,17-18,20,30,32H,4,13-16H2,1-3H3,(H,33,34). The molecule has 0 aliphatic carbocycles. The van der Waals surface area contributed by atoms with Crippen LogP contribution in [-0.4, -0.2) is 29.9 Å². The maximum absolute atomic E-state index is 13.5. The number of anilines is 2. The molecule has 2 N–H and O–H groups in total. The zero-order valence-corrected chi connectivity index (χ0v) is 22.0. The Morgan fingerprint density at radius 3 is 2.82 bits per heavy atom. The molecule has 2 unspecified atom stereocenters. The second-order valence-electron chi connectivity index (χ2n) is 9.91. The minimum atomic E-state index is -0.391. The number of carbonyl (C=O) groups is 2. The number of hydrogen-bond acceptors (Lipinski definition) is 7. The molecule has 196 valence electrons. The molecule has 4 aromatic rings. The van der Waals surface area contributed by atoms with Crippen molar-refractivity contribution in [2.75, 3.05) is 18.5 Å². The van der Waals surface area contributed by atoms with E-state index in [1.165, 1.54) is 5.56 Å². The summed E-state index contributed by atoms with van der Waals surface area (Å²) < 4.78 is 11.1. The van der Waals surface area contributed by atoms with E-state index in [4.69, 9.17) is 9.15 Å². The minimum Gasteiger partial charge on any atom is -0.466 e. The Morgan fingerprint density at radius 1 is 1.16 bits per heavy atom. The minimum absolute atomic E-state index is 0.00775. The van der Waals surface area contributed by atoms with Gasteiger partial charge < -0.3 is 19.8 Å². The fourth-order valence-corrected chi connectivity index (χ4v) is 5.02. The highest BCUT2D eigenvalue weighted by Gasteiger charge is 2.27. The van der Waals surface area contributed by atoms with Gasteiger partial charge >= 0.3 is 5.97 Å². The second kappa shape index (κ2) is 11.2. The van der Waals surface area contributed by atoms with Gasteiger partial charge in [-0.25, -0.2) is 0 Å². The van der Waals surface area contributed by atoms with Crippen molar-refractivity contribution in [3.8, 4) is 0 Å². The molecule has 0 saturated carbocycles. The predicted octanol–water partition coefficient (Wildman–Crippen LogP) is 5.94. The number of Topliss-reactive ketones (excluding diaryl/α,β-unsaturated/α-hetero) is 1. The molecular formula is C31H33N3O4. The third-order valence-electron chi connectivity index (χ3n) is 7.11. The van der Waals surface area contributed by atoms with Crippen molar-refractivity contribution in [3.63, 3.8) is 0 Å². The summed E-state index contributed by atoms with van der Waals surface area (Å²) in [5, 5.41) is 6.64. The Bertz CT molecular complexity index is 1480. The molecule has 5 rings (SSSR count). The van der Waals surface area contributed by atoms with E-state index in [0.29, 0.717) is 24.6 Å². The predicted molar refractivity (Wildman–Crippen MR) is 148 cm³/mol. The molecule has 0 bridgehead atoms. The first-order valence-corrected chi connectivity index (χ1v) is 13.2. The molecule has 7 heteroatoms. The van der Waals surface area contributed by atoms with E-state index >= 15 is 0 Å². The molecular weight excluding hydrogens is 478 g/mol. The maximum atomic E-state index is 13.5. The number of ketones is 1. The highest BCUT2D eigenvalue weighted by atomic mass is 16.5. The Labute approximate surface area is 222 Å². The number of esters is 1. The maximum Gasteiger partial charge on any atom is 0.306 e. The SMILES string of the molecule is CCOC(=O)CC(C)c1ccc2c(c1)C(C(=O)Cc1ccc3nc(Nc4ccccc4C)oc3c1)NCC2. The second-order valence-corrected chi connectivity index (χ2v) is 9.91. The number of nitrogens with zero attached hydrogens (tertiary/aromatic N) is 1. The monoisotopic (exact) mass is 511 g/mol. The van der Waals surface area contributed by atoms with Gasteiger partial charge in [-0.2, -0.15) is 4.98 Å². The number of ether oxygens (including phenoxy) is 1. The van der Waals surface area contributed by atoms with Gasteiger partial charge in [-0.1, -0.05) is 49.4 Å². The van der Waals surface area contributed by atoms with Gasteiger partial charge in [0.15, 0.2) is 11.4 Å². The third kappa shape index (κ3) is 5.63. The molecule has 1 aliphatic heterocycles. The highest BCUT2D eigenvalue weighted by molar-refractivity contribution is 5.89. The average molecular weight is 512 g/mol. The van der Waals surface area contributed by atoms with Crippen LogP contribution < -0.4 is 10.6 Å². The fraction of sp³-hybridized carbons (Fsp3) is 0.323. The van der Waals surface area contributed by atoms with Crippen LogP contribution in [0, 0.1) is 6.92 Å². The number of carbonyl (C=O) groups excluding carboxylic acids is 2. The number of nitrogens with one attached hydrogen (secondary N) is 2. The Morgan fingerprint density at radius 2 is 2.00 bits per heavy atom. The number of rotatable bonds is 9. The summed E-state index contributed by atoms with van der Waals surface area (Å²) in [6, 6.07) is 19.9. The molecule has 38 heavy (non-hydrogen) atoms. The van der Waals surface area contributed by atoms with Crippen LogP contribution in [0.2, 0.25) is 0 Å². The number of fused-ring (bicyclic) bond motifs is 2. The first-order valence-electron chi connectivity index (χ1n) is 13.2. The van der Waals surface area contributed by atoms with Gasteiger partial charge in [-0.05, 0) is 72.2 Å². The van der Waals surface area contributed by atoms with Gasteiger partial charge in [-0.3, -0.25) is 9.59 Å². The van der Waals surface area contributed by atoms with Crippen molar-refractivity contribution in [1.29, 1.82) is 0 Å². The summed E-state index contributed by atoms with van der Waals surface area (Å²) in [6.07, 6.45) is 1.46. The lowest BCUT2D eigenvalue weighted by atomic mass is 9.86. The van der Waals surface area contributed by atoms with Gasteiger partial charge in [0.2, 0.25) is 0 Å². The number of hydrogen-bond donors (Lipinski definition) is 2. The van der Waals surface area contributed by atoms with Crippen molar-refractivity contribution < 1.29 is 18.7 Å². The lowest BCUT2D eigenvalue weighted by Crippen LogP contribution is -2.36. The Balaban J connectivity index is 1.32. The van der Waals surface area contributed by atoms with Crippen molar-refractivity contribution in [2.24, 2.45) is 0 Å². The molecule has 3 aromatic carbocycles. The lowest BCUT2D eigenvalue weighted by Gasteiger charge is -2.27. The summed E-state index contributed by atoms with van der Waals surface area (Å²) in [5.41, 5.74) is 7.49. The van der Waals surface area contributed by atoms with Gasteiger partial charge in [0.1, 0.15) is 5.52 Å². The summed E-state index contributed by atoms with van der Waals surface area (Å²) in [7, 11) is 0. The Hall–Kier alpha value is -3.97. The first kappa shape index (κ1) is 25.7. The van der Waals surface area contributed by atoms with Gasteiger partial charge in [-0.15, -0.1) is 0 Å². The smallest absolute Gasteiger partial charge is 0.306 e.